The summed E-state index contributed by atoms with van der Waals surface area (Å²) in [6.45, 7) is 1.86. The van der Waals surface area contributed by atoms with Gasteiger partial charge in [-0.1, -0.05) is 30.3 Å². The highest BCUT2D eigenvalue weighted by molar-refractivity contribution is 6.02. The maximum absolute atomic E-state index is 12.5. The summed E-state index contributed by atoms with van der Waals surface area (Å²) in [6, 6.07) is 14.6. The number of nitrogens with one attached hydrogen (secondary N) is 1. The van der Waals surface area contributed by atoms with E-state index in [1.807, 2.05) is 43.3 Å². The van der Waals surface area contributed by atoms with Gasteiger partial charge in [-0.05, 0) is 30.7 Å². The van der Waals surface area contributed by atoms with Gasteiger partial charge in [-0.15, -0.1) is 0 Å². The number of carbonyl (C=O) groups is 1. The average molecular weight is 366 g/mol. The lowest BCUT2D eigenvalue weighted by molar-refractivity contribution is -0.117. The molecule has 0 aliphatic carbocycles. The van der Waals surface area contributed by atoms with Crippen molar-refractivity contribution in [2.75, 3.05) is 21.3 Å². The van der Waals surface area contributed by atoms with E-state index in [0.29, 0.717) is 22.8 Å². The standard InChI is InChI=1S/C21H22N2O4/c1-14(15-8-6-5-7-9-15)23-21(24)17(13-22)12-16-10-11-18(25-2)20(27-4)19(16)26-3/h5-12,14H,1-4H3,(H,23,24)/b17-12-/t14-/m1/s1. The summed E-state index contributed by atoms with van der Waals surface area (Å²) >= 11 is 0. The Bertz CT molecular complexity index is 870. The normalized spacial score (nSPS) is 11.9. The lowest BCUT2D eigenvalue weighted by Crippen LogP contribution is -2.27. The number of benzene rings is 2. The van der Waals surface area contributed by atoms with E-state index in [1.165, 1.54) is 27.4 Å². The van der Waals surface area contributed by atoms with Crippen LogP contribution in [0, 0.1) is 11.3 Å². The molecule has 0 spiro atoms. The lowest BCUT2D eigenvalue weighted by Gasteiger charge is -2.15. The van der Waals surface area contributed by atoms with Crippen molar-refractivity contribution in [3.63, 3.8) is 0 Å². The highest BCUT2D eigenvalue weighted by Crippen LogP contribution is 2.40. The van der Waals surface area contributed by atoms with Crippen molar-refractivity contribution >= 4 is 12.0 Å². The molecule has 0 aliphatic rings. The van der Waals surface area contributed by atoms with E-state index in [4.69, 9.17) is 14.2 Å². The SMILES string of the molecule is COc1ccc(/C=C(/C#N)C(=O)N[C@H](C)c2ccccc2)c(OC)c1OC. The molecule has 6 nitrogen and oxygen atoms in total. The van der Waals surface area contributed by atoms with Crippen LogP contribution in [0.4, 0.5) is 0 Å². The lowest BCUT2D eigenvalue weighted by atomic mass is 10.1. The molecule has 1 atom stereocenters. The van der Waals surface area contributed by atoms with Crippen LogP contribution in [0.25, 0.3) is 6.08 Å². The van der Waals surface area contributed by atoms with Gasteiger partial charge >= 0.3 is 0 Å². The molecule has 0 heterocycles. The van der Waals surface area contributed by atoms with Crippen molar-refractivity contribution in [3.8, 4) is 23.3 Å². The second-order valence-corrected chi connectivity index (χ2v) is 5.70. The van der Waals surface area contributed by atoms with Crippen LogP contribution >= 0.6 is 0 Å². The highest BCUT2D eigenvalue weighted by Gasteiger charge is 2.18. The van der Waals surface area contributed by atoms with Crippen LogP contribution in [0.1, 0.15) is 24.1 Å². The van der Waals surface area contributed by atoms with E-state index < -0.39 is 5.91 Å². The maximum atomic E-state index is 12.5. The van der Waals surface area contributed by atoms with Crippen LogP contribution in [0.15, 0.2) is 48.0 Å². The third-order valence-corrected chi connectivity index (χ3v) is 4.05. The zero-order valence-corrected chi connectivity index (χ0v) is 15.8. The number of nitrogens with zero attached hydrogens (tertiary/aromatic N) is 1. The van der Waals surface area contributed by atoms with Crippen molar-refractivity contribution < 1.29 is 19.0 Å². The van der Waals surface area contributed by atoms with Gasteiger partial charge in [0.05, 0.1) is 27.4 Å². The Labute approximate surface area is 159 Å². The zero-order valence-electron chi connectivity index (χ0n) is 15.8. The molecule has 2 rings (SSSR count). The third-order valence-electron chi connectivity index (χ3n) is 4.05. The Morgan fingerprint density at radius 2 is 1.70 bits per heavy atom. The largest absolute Gasteiger partial charge is 0.493 e. The molecule has 0 fully saturated rings. The number of rotatable bonds is 7. The van der Waals surface area contributed by atoms with Crippen molar-refractivity contribution in [3.05, 3.63) is 59.2 Å². The monoisotopic (exact) mass is 366 g/mol. The van der Waals surface area contributed by atoms with E-state index in [-0.39, 0.29) is 11.6 Å². The molecule has 6 heteroatoms. The summed E-state index contributed by atoms with van der Waals surface area (Å²) in [7, 11) is 4.50. The van der Waals surface area contributed by atoms with Crippen LogP contribution in [-0.4, -0.2) is 27.2 Å². The summed E-state index contributed by atoms with van der Waals surface area (Å²) in [5.74, 6) is 0.801. The second kappa shape index (κ2) is 9.30. The van der Waals surface area contributed by atoms with Crippen molar-refractivity contribution in [2.45, 2.75) is 13.0 Å². The fraction of sp³-hybridized carbons (Fsp3) is 0.238. The van der Waals surface area contributed by atoms with Gasteiger partial charge in [0.15, 0.2) is 11.5 Å². The predicted molar refractivity (Wildman–Crippen MR) is 103 cm³/mol. The Morgan fingerprint density at radius 3 is 2.26 bits per heavy atom. The number of carbonyl (C=O) groups excluding carboxylic acids is 1. The molecule has 2 aromatic rings. The molecule has 0 aromatic heterocycles. The number of nitriles is 1. The van der Waals surface area contributed by atoms with Crippen LogP contribution in [-0.2, 0) is 4.79 Å². The molecule has 0 saturated heterocycles. The first kappa shape index (κ1) is 19.9. The number of ether oxygens (including phenoxy) is 3. The topological polar surface area (TPSA) is 80.6 Å². The van der Waals surface area contributed by atoms with E-state index in [2.05, 4.69) is 5.32 Å². The molecule has 2 aromatic carbocycles. The van der Waals surface area contributed by atoms with Gasteiger partial charge in [0, 0.05) is 5.56 Å². The number of methoxy groups -OCH3 is 3. The molecule has 1 N–H and O–H groups in total. The molecule has 0 bridgehead atoms. The molecule has 0 saturated carbocycles. The van der Waals surface area contributed by atoms with E-state index in [9.17, 15) is 10.1 Å². The fourth-order valence-corrected chi connectivity index (χ4v) is 2.64. The van der Waals surface area contributed by atoms with Gasteiger partial charge in [0.1, 0.15) is 11.6 Å². The van der Waals surface area contributed by atoms with Gasteiger partial charge in [-0.25, -0.2) is 0 Å². The summed E-state index contributed by atoms with van der Waals surface area (Å²) in [5, 5.41) is 12.3. The van der Waals surface area contributed by atoms with E-state index in [1.54, 1.807) is 12.1 Å². The van der Waals surface area contributed by atoms with Crippen LogP contribution in [0.2, 0.25) is 0 Å². The average Bonchev–Trinajstić information content (AvgIpc) is 2.71. The predicted octanol–water partition coefficient (Wildman–Crippen LogP) is 3.50. The van der Waals surface area contributed by atoms with Crippen molar-refractivity contribution in [1.82, 2.24) is 5.32 Å². The van der Waals surface area contributed by atoms with Crippen LogP contribution < -0.4 is 19.5 Å². The summed E-state index contributed by atoms with van der Waals surface area (Å²) in [6.07, 6.45) is 1.47. The first-order valence-electron chi connectivity index (χ1n) is 8.32. The summed E-state index contributed by atoms with van der Waals surface area (Å²) < 4.78 is 16.0. The van der Waals surface area contributed by atoms with Gasteiger partial charge in [0.2, 0.25) is 5.75 Å². The first-order valence-corrected chi connectivity index (χ1v) is 8.32. The quantitative estimate of drug-likeness (QED) is 0.599. The summed E-state index contributed by atoms with van der Waals surface area (Å²) in [4.78, 5) is 12.5. The molecule has 27 heavy (non-hydrogen) atoms. The Kier molecular flexibility index (Phi) is 6.84. The van der Waals surface area contributed by atoms with Crippen LogP contribution in [0.5, 0.6) is 17.2 Å². The van der Waals surface area contributed by atoms with E-state index >= 15 is 0 Å². The van der Waals surface area contributed by atoms with Crippen molar-refractivity contribution in [1.29, 1.82) is 5.26 Å². The van der Waals surface area contributed by atoms with Gasteiger partial charge < -0.3 is 19.5 Å². The van der Waals surface area contributed by atoms with Crippen LogP contribution in [0.3, 0.4) is 0 Å². The minimum Gasteiger partial charge on any atom is -0.493 e. The molecule has 0 radical (unpaired) electrons. The number of hydrogen-bond donors (Lipinski definition) is 1. The van der Waals surface area contributed by atoms with E-state index in [0.717, 1.165) is 5.56 Å². The minimum atomic E-state index is -0.467. The molecular formula is C21H22N2O4. The zero-order chi connectivity index (χ0) is 19.8. The summed E-state index contributed by atoms with van der Waals surface area (Å²) in [5.41, 5.74) is 1.45. The molecular weight excluding hydrogens is 344 g/mol. The smallest absolute Gasteiger partial charge is 0.262 e. The second-order valence-electron chi connectivity index (χ2n) is 5.70. The van der Waals surface area contributed by atoms with Gasteiger partial charge in [-0.2, -0.15) is 5.26 Å². The molecule has 0 unspecified atom stereocenters. The Hall–Kier alpha value is -3.46. The Morgan fingerprint density at radius 1 is 1.04 bits per heavy atom. The highest BCUT2D eigenvalue weighted by atomic mass is 16.5. The van der Waals surface area contributed by atoms with Gasteiger partial charge in [-0.3, -0.25) is 4.79 Å². The number of hydrogen-bond acceptors (Lipinski definition) is 5. The molecule has 140 valence electrons. The fourth-order valence-electron chi connectivity index (χ4n) is 2.64. The molecule has 0 aliphatic heterocycles. The third kappa shape index (κ3) is 4.59. The maximum Gasteiger partial charge on any atom is 0.262 e. The van der Waals surface area contributed by atoms with Gasteiger partial charge in [0.25, 0.3) is 5.91 Å². The van der Waals surface area contributed by atoms with Crippen molar-refractivity contribution in [2.24, 2.45) is 0 Å². The number of amides is 1. The first-order chi connectivity index (χ1) is 13.0. The Balaban J connectivity index is 2.33. The molecule has 1 amide bonds. The minimum absolute atomic E-state index is 0.0386.